The fourth-order valence-electron chi connectivity index (χ4n) is 3.46. The molecule has 0 saturated heterocycles. The average Bonchev–Trinajstić information content (AvgIpc) is 3.01. The van der Waals surface area contributed by atoms with Crippen LogP contribution in [-0.2, 0) is 11.3 Å². The van der Waals surface area contributed by atoms with Gasteiger partial charge in [0.25, 0.3) is 0 Å². The Morgan fingerprint density at radius 1 is 0.967 bits per heavy atom. The Bertz CT molecular complexity index is 1040. The van der Waals surface area contributed by atoms with E-state index in [-0.39, 0.29) is 12.4 Å². The lowest BCUT2D eigenvalue weighted by Crippen LogP contribution is -2.16. The zero-order valence-electron chi connectivity index (χ0n) is 17.9. The molecule has 1 heterocycles. The van der Waals surface area contributed by atoms with Crippen LogP contribution in [-0.4, -0.2) is 23.5 Å². The summed E-state index contributed by atoms with van der Waals surface area (Å²) in [5.41, 5.74) is 5.51. The van der Waals surface area contributed by atoms with Crippen molar-refractivity contribution in [3.8, 4) is 5.75 Å². The molecular weight excluding hydrogens is 382 g/mol. The van der Waals surface area contributed by atoms with Crippen LogP contribution in [0.2, 0.25) is 0 Å². The van der Waals surface area contributed by atoms with Crippen LogP contribution < -0.4 is 4.74 Å². The van der Waals surface area contributed by atoms with Gasteiger partial charge in [0.15, 0.2) is 6.61 Å². The summed E-state index contributed by atoms with van der Waals surface area (Å²) in [7, 11) is 0. The molecule has 0 fully saturated rings. The molecule has 0 radical (unpaired) electrons. The van der Waals surface area contributed by atoms with Crippen LogP contribution in [0.25, 0.3) is 0 Å². The van der Waals surface area contributed by atoms with Crippen LogP contribution in [0.5, 0.6) is 5.75 Å². The number of nitrogens with zero attached hydrogens (tertiary/aromatic N) is 1. The van der Waals surface area contributed by atoms with Crippen molar-refractivity contribution in [1.82, 2.24) is 5.16 Å². The van der Waals surface area contributed by atoms with E-state index in [0.29, 0.717) is 23.5 Å². The molecule has 0 saturated carbocycles. The monoisotopic (exact) mass is 407 g/mol. The van der Waals surface area contributed by atoms with Crippen molar-refractivity contribution in [2.45, 2.75) is 41.2 Å². The van der Waals surface area contributed by atoms with Crippen molar-refractivity contribution in [3.63, 3.8) is 0 Å². The fourth-order valence-corrected chi connectivity index (χ4v) is 3.46. The predicted octanol–water partition coefficient (Wildman–Crippen LogP) is 4.84. The SMILES string of the molecule is Cc1cc(C)c(C(=O)COC(=O)c2ccc(OCc3c(C)noc3C)cc2)c(C)c1. The van der Waals surface area contributed by atoms with Gasteiger partial charge >= 0.3 is 5.97 Å². The van der Waals surface area contributed by atoms with E-state index in [2.05, 4.69) is 5.16 Å². The predicted molar refractivity (Wildman–Crippen MR) is 112 cm³/mol. The van der Waals surface area contributed by atoms with E-state index in [1.54, 1.807) is 24.3 Å². The van der Waals surface area contributed by atoms with E-state index < -0.39 is 5.97 Å². The van der Waals surface area contributed by atoms with Gasteiger partial charge in [-0.25, -0.2) is 4.79 Å². The van der Waals surface area contributed by atoms with Gasteiger partial charge in [0.1, 0.15) is 18.1 Å². The number of aryl methyl sites for hydroxylation is 5. The summed E-state index contributed by atoms with van der Waals surface area (Å²) in [5, 5.41) is 3.89. The zero-order valence-corrected chi connectivity index (χ0v) is 17.9. The molecule has 0 bridgehead atoms. The van der Waals surface area contributed by atoms with Crippen molar-refractivity contribution in [3.05, 3.63) is 81.2 Å². The molecule has 0 spiro atoms. The van der Waals surface area contributed by atoms with Crippen LogP contribution in [0, 0.1) is 34.6 Å². The minimum atomic E-state index is -0.553. The first-order valence-electron chi connectivity index (χ1n) is 9.69. The Morgan fingerprint density at radius 3 is 2.17 bits per heavy atom. The Labute approximate surface area is 175 Å². The highest BCUT2D eigenvalue weighted by atomic mass is 16.5. The molecule has 6 heteroatoms. The molecule has 3 aromatic rings. The number of Topliss-reactive ketones (excluding diaryl/α,β-unsaturated/α-hetero) is 1. The van der Waals surface area contributed by atoms with Gasteiger partial charge in [-0.15, -0.1) is 0 Å². The first-order chi connectivity index (χ1) is 14.3. The molecule has 0 aliphatic carbocycles. The minimum Gasteiger partial charge on any atom is -0.489 e. The number of rotatable bonds is 7. The van der Waals surface area contributed by atoms with Crippen molar-refractivity contribution in [1.29, 1.82) is 0 Å². The summed E-state index contributed by atoms with van der Waals surface area (Å²) >= 11 is 0. The van der Waals surface area contributed by atoms with Crippen molar-refractivity contribution < 1.29 is 23.6 Å². The van der Waals surface area contributed by atoms with Gasteiger partial charge < -0.3 is 14.0 Å². The number of ether oxygens (including phenoxy) is 2. The lowest BCUT2D eigenvalue weighted by Gasteiger charge is -2.11. The fraction of sp³-hybridized carbons (Fsp3) is 0.292. The Morgan fingerprint density at radius 2 is 1.60 bits per heavy atom. The van der Waals surface area contributed by atoms with E-state index in [4.69, 9.17) is 14.0 Å². The highest BCUT2D eigenvalue weighted by molar-refractivity contribution is 6.01. The highest BCUT2D eigenvalue weighted by Crippen LogP contribution is 2.19. The molecule has 0 atom stereocenters. The third-order valence-corrected chi connectivity index (χ3v) is 4.94. The number of benzene rings is 2. The number of ketones is 1. The van der Waals surface area contributed by atoms with Gasteiger partial charge in [-0.3, -0.25) is 4.79 Å². The highest BCUT2D eigenvalue weighted by Gasteiger charge is 2.16. The molecule has 30 heavy (non-hydrogen) atoms. The number of hydrogen-bond acceptors (Lipinski definition) is 6. The zero-order chi connectivity index (χ0) is 21.8. The first kappa shape index (κ1) is 21.3. The quantitative estimate of drug-likeness (QED) is 0.412. The number of hydrogen-bond donors (Lipinski definition) is 0. The van der Waals surface area contributed by atoms with Crippen LogP contribution in [0.4, 0.5) is 0 Å². The van der Waals surface area contributed by atoms with Crippen molar-refractivity contribution >= 4 is 11.8 Å². The van der Waals surface area contributed by atoms with Gasteiger partial charge in [0, 0.05) is 5.56 Å². The molecule has 0 amide bonds. The lowest BCUT2D eigenvalue weighted by atomic mass is 9.97. The standard InChI is InChI=1S/C24H25NO5/c1-14-10-15(2)23(16(3)11-14)22(26)13-29-24(27)19-6-8-20(9-7-19)28-12-21-17(4)25-30-18(21)5/h6-11H,12-13H2,1-5H3. The number of aromatic nitrogens is 1. The van der Waals surface area contributed by atoms with Crippen molar-refractivity contribution in [2.75, 3.05) is 6.61 Å². The molecule has 0 aliphatic heterocycles. The van der Waals surface area contributed by atoms with Crippen LogP contribution >= 0.6 is 0 Å². The van der Waals surface area contributed by atoms with Crippen LogP contribution in [0.3, 0.4) is 0 Å². The number of carbonyl (C=O) groups excluding carboxylic acids is 2. The molecule has 0 N–H and O–H groups in total. The topological polar surface area (TPSA) is 78.6 Å². The van der Waals surface area contributed by atoms with Gasteiger partial charge in [-0.2, -0.15) is 0 Å². The van der Waals surface area contributed by atoms with Crippen molar-refractivity contribution in [2.24, 2.45) is 0 Å². The summed E-state index contributed by atoms with van der Waals surface area (Å²) in [6, 6.07) is 10.5. The summed E-state index contributed by atoms with van der Waals surface area (Å²) < 4.78 is 16.1. The van der Waals surface area contributed by atoms with E-state index in [1.807, 2.05) is 46.8 Å². The Balaban J connectivity index is 1.58. The minimum absolute atomic E-state index is 0.210. The molecule has 3 rings (SSSR count). The van der Waals surface area contributed by atoms with Gasteiger partial charge in [0.05, 0.1) is 16.8 Å². The summed E-state index contributed by atoms with van der Waals surface area (Å²) in [4.78, 5) is 24.8. The Hall–Kier alpha value is -3.41. The molecule has 156 valence electrons. The molecule has 2 aromatic carbocycles. The molecule has 1 aromatic heterocycles. The van der Waals surface area contributed by atoms with Crippen LogP contribution in [0.1, 0.15) is 54.4 Å². The number of esters is 1. The second-order valence-corrected chi connectivity index (χ2v) is 7.39. The first-order valence-corrected chi connectivity index (χ1v) is 9.69. The van der Waals surface area contributed by atoms with E-state index >= 15 is 0 Å². The molecular formula is C24H25NO5. The number of carbonyl (C=O) groups is 2. The summed E-state index contributed by atoms with van der Waals surface area (Å²) in [6.45, 7) is 9.47. The van der Waals surface area contributed by atoms with Crippen LogP contribution in [0.15, 0.2) is 40.9 Å². The normalized spacial score (nSPS) is 10.7. The third-order valence-electron chi connectivity index (χ3n) is 4.94. The maximum atomic E-state index is 12.5. The Kier molecular flexibility index (Phi) is 6.35. The maximum absolute atomic E-state index is 12.5. The second-order valence-electron chi connectivity index (χ2n) is 7.39. The van der Waals surface area contributed by atoms with E-state index in [9.17, 15) is 9.59 Å². The summed E-state index contributed by atoms with van der Waals surface area (Å²) in [6.07, 6.45) is 0. The van der Waals surface area contributed by atoms with Gasteiger partial charge in [-0.05, 0) is 70.0 Å². The second kappa shape index (κ2) is 8.95. The molecule has 6 nitrogen and oxygen atoms in total. The molecule has 0 aliphatic rings. The molecule has 0 unspecified atom stereocenters. The van der Waals surface area contributed by atoms with E-state index in [0.717, 1.165) is 33.7 Å². The van der Waals surface area contributed by atoms with E-state index in [1.165, 1.54) is 0 Å². The van der Waals surface area contributed by atoms with Gasteiger partial charge in [-0.1, -0.05) is 22.9 Å². The lowest BCUT2D eigenvalue weighted by molar-refractivity contribution is 0.0474. The average molecular weight is 407 g/mol. The van der Waals surface area contributed by atoms with Gasteiger partial charge in [0.2, 0.25) is 5.78 Å². The largest absolute Gasteiger partial charge is 0.489 e. The summed E-state index contributed by atoms with van der Waals surface area (Å²) in [5.74, 6) is 0.561. The third kappa shape index (κ3) is 4.76. The smallest absolute Gasteiger partial charge is 0.338 e. The maximum Gasteiger partial charge on any atom is 0.338 e.